The zero-order chi connectivity index (χ0) is 13.9. The maximum absolute atomic E-state index is 12.7. The fraction of sp³-hybridized carbons (Fsp3) is 0.273. The van der Waals surface area contributed by atoms with Crippen LogP contribution >= 0.6 is 11.3 Å². The van der Waals surface area contributed by atoms with E-state index >= 15 is 0 Å². The highest BCUT2D eigenvalue weighted by Crippen LogP contribution is 2.29. The predicted molar refractivity (Wildman–Crippen MR) is 68.8 cm³/mol. The van der Waals surface area contributed by atoms with Crippen LogP contribution in [0.15, 0.2) is 22.9 Å². The van der Waals surface area contributed by atoms with Crippen molar-refractivity contribution in [3.05, 3.63) is 28.7 Å². The molecule has 0 aliphatic heterocycles. The lowest BCUT2D eigenvalue weighted by molar-refractivity contribution is -0.144. The largest absolute Gasteiger partial charge is 0.451 e. The van der Waals surface area contributed by atoms with Gasteiger partial charge >= 0.3 is 6.18 Å². The van der Waals surface area contributed by atoms with Crippen molar-refractivity contribution in [2.24, 2.45) is 0 Å². The van der Waals surface area contributed by atoms with Gasteiger partial charge in [0.2, 0.25) is 5.82 Å². The van der Waals surface area contributed by atoms with Crippen molar-refractivity contribution in [2.45, 2.75) is 13.1 Å². The molecule has 0 spiro atoms. The Kier molecular flexibility index (Phi) is 3.89. The van der Waals surface area contributed by atoms with Crippen molar-refractivity contribution < 1.29 is 13.2 Å². The summed E-state index contributed by atoms with van der Waals surface area (Å²) in [7, 11) is 0. The van der Waals surface area contributed by atoms with Gasteiger partial charge in [-0.05, 0) is 18.4 Å². The van der Waals surface area contributed by atoms with Gasteiger partial charge in [-0.3, -0.25) is 0 Å². The van der Waals surface area contributed by atoms with Crippen molar-refractivity contribution in [3.8, 4) is 0 Å². The fourth-order valence-corrected chi connectivity index (χ4v) is 1.98. The molecule has 0 aliphatic rings. The molecule has 2 aromatic heterocycles. The molecule has 0 fully saturated rings. The second-order valence-corrected chi connectivity index (χ2v) is 4.41. The monoisotopic (exact) mass is 288 g/mol. The lowest BCUT2D eigenvalue weighted by Crippen LogP contribution is -2.14. The maximum Gasteiger partial charge on any atom is 0.451 e. The van der Waals surface area contributed by atoms with Gasteiger partial charge in [-0.2, -0.15) is 24.5 Å². The topological polar surface area (TPSA) is 49.8 Å². The molecule has 0 unspecified atom stereocenters. The van der Waals surface area contributed by atoms with Crippen molar-refractivity contribution in [1.82, 2.24) is 9.97 Å². The van der Waals surface area contributed by atoms with Gasteiger partial charge in [-0.1, -0.05) is 0 Å². The van der Waals surface area contributed by atoms with Crippen LogP contribution in [0.2, 0.25) is 0 Å². The van der Waals surface area contributed by atoms with Gasteiger partial charge in [0, 0.05) is 18.0 Å². The van der Waals surface area contributed by atoms with E-state index in [-0.39, 0.29) is 11.6 Å². The molecule has 4 nitrogen and oxygen atoms in total. The van der Waals surface area contributed by atoms with Crippen LogP contribution in [0.25, 0.3) is 0 Å². The number of hydrogen-bond acceptors (Lipinski definition) is 5. The van der Waals surface area contributed by atoms with E-state index in [1.165, 1.54) is 17.4 Å². The quantitative estimate of drug-likeness (QED) is 0.900. The Morgan fingerprint density at radius 1 is 1.26 bits per heavy atom. The minimum atomic E-state index is -4.57. The third-order valence-corrected chi connectivity index (χ3v) is 2.81. The van der Waals surface area contributed by atoms with Crippen molar-refractivity contribution in [3.63, 3.8) is 0 Å². The second-order valence-electron chi connectivity index (χ2n) is 3.63. The lowest BCUT2D eigenvalue weighted by atomic mass is 10.4. The molecular formula is C11H11F3N4S. The predicted octanol–water partition coefficient (Wildman–Crippen LogP) is 3.73. The first-order valence-corrected chi connectivity index (χ1v) is 6.42. The molecule has 2 N–H and O–H groups in total. The van der Waals surface area contributed by atoms with Gasteiger partial charge in [0.25, 0.3) is 0 Å². The first kappa shape index (κ1) is 13.6. The van der Waals surface area contributed by atoms with E-state index in [0.29, 0.717) is 12.2 Å². The molecule has 0 radical (unpaired) electrons. The van der Waals surface area contributed by atoms with Crippen LogP contribution in [0.1, 0.15) is 12.7 Å². The van der Waals surface area contributed by atoms with Gasteiger partial charge in [-0.15, -0.1) is 0 Å². The van der Waals surface area contributed by atoms with Crippen LogP contribution in [-0.2, 0) is 6.18 Å². The number of nitrogens with zero attached hydrogens (tertiary/aromatic N) is 2. The standard InChI is InChI=1S/C11H11F3N4S/c1-2-15-8-5-9(16-7-3-4-19-6-7)18-10(17-8)11(12,13)14/h3-6H,2H2,1H3,(H2,15,16,17,18). The van der Waals surface area contributed by atoms with Crippen molar-refractivity contribution in [1.29, 1.82) is 0 Å². The molecule has 0 amide bonds. The molecular weight excluding hydrogens is 277 g/mol. The zero-order valence-electron chi connectivity index (χ0n) is 9.95. The highest BCUT2D eigenvalue weighted by Gasteiger charge is 2.35. The number of rotatable bonds is 4. The number of aromatic nitrogens is 2. The summed E-state index contributed by atoms with van der Waals surface area (Å²) >= 11 is 1.44. The molecule has 19 heavy (non-hydrogen) atoms. The zero-order valence-corrected chi connectivity index (χ0v) is 10.8. The summed E-state index contributed by atoms with van der Waals surface area (Å²) in [5, 5.41) is 9.16. The minimum absolute atomic E-state index is 0.108. The molecule has 0 saturated heterocycles. The van der Waals surface area contributed by atoms with Gasteiger partial charge in [0.05, 0.1) is 5.69 Å². The molecule has 2 heterocycles. The van der Waals surface area contributed by atoms with Crippen LogP contribution in [0.4, 0.5) is 30.5 Å². The molecule has 0 aliphatic carbocycles. The van der Waals surface area contributed by atoms with Crippen LogP contribution in [-0.4, -0.2) is 16.5 Å². The van der Waals surface area contributed by atoms with Crippen molar-refractivity contribution >= 4 is 28.7 Å². The summed E-state index contributed by atoms with van der Waals surface area (Å²) in [5.74, 6) is -0.914. The summed E-state index contributed by atoms with van der Waals surface area (Å²) < 4.78 is 38.1. The minimum Gasteiger partial charge on any atom is -0.370 e. The average Bonchev–Trinajstić information content (AvgIpc) is 2.81. The average molecular weight is 288 g/mol. The Bertz CT molecular complexity index is 539. The lowest BCUT2D eigenvalue weighted by Gasteiger charge is -2.11. The van der Waals surface area contributed by atoms with Gasteiger partial charge < -0.3 is 10.6 Å². The van der Waals surface area contributed by atoms with Crippen molar-refractivity contribution in [2.75, 3.05) is 17.2 Å². The van der Waals surface area contributed by atoms with E-state index in [0.717, 1.165) is 0 Å². The molecule has 2 rings (SSSR count). The van der Waals surface area contributed by atoms with E-state index < -0.39 is 12.0 Å². The smallest absolute Gasteiger partial charge is 0.370 e. The SMILES string of the molecule is CCNc1cc(Nc2ccsc2)nc(C(F)(F)F)n1. The van der Waals surface area contributed by atoms with Gasteiger partial charge in [-0.25, -0.2) is 9.97 Å². The van der Waals surface area contributed by atoms with Crippen LogP contribution in [0, 0.1) is 0 Å². The van der Waals surface area contributed by atoms with E-state index in [4.69, 9.17) is 0 Å². The second kappa shape index (κ2) is 5.43. The highest BCUT2D eigenvalue weighted by atomic mass is 32.1. The Balaban J connectivity index is 2.34. The van der Waals surface area contributed by atoms with Crippen LogP contribution in [0.5, 0.6) is 0 Å². The molecule has 8 heteroatoms. The third-order valence-electron chi connectivity index (χ3n) is 2.13. The molecule has 0 saturated carbocycles. The molecule has 0 bridgehead atoms. The number of alkyl halides is 3. The summed E-state index contributed by atoms with van der Waals surface area (Å²) in [5.41, 5.74) is 0.694. The highest BCUT2D eigenvalue weighted by molar-refractivity contribution is 7.08. The number of thiophene rings is 1. The van der Waals surface area contributed by atoms with E-state index in [1.54, 1.807) is 18.4 Å². The molecule has 2 aromatic rings. The first-order valence-electron chi connectivity index (χ1n) is 5.48. The fourth-order valence-electron chi connectivity index (χ4n) is 1.39. The third kappa shape index (κ3) is 3.57. The van der Waals surface area contributed by atoms with E-state index in [9.17, 15) is 13.2 Å². The number of halogens is 3. The van der Waals surface area contributed by atoms with Gasteiger partial charge in [0.1, 0.15) is 11.6 Å². The Morgan fingerprint density at radius 2 is 2.00 bits per heavy atom. The molecule has 0 atom stereocenters. The number of nitrogens with one attached hydrogen (secondary N) is 2. The molecule has 102 valence electrons. The van der Waals surface area contributed by atoms with Gasteiger partial charge in [0.15, 0.2) is 0 Å². The van der Waals surface area contributed by atoms with E-state index in [1.807, 2.05) is 5.38 Å². The maximum atomic E-state index is 12.7. The summed E-state index contributed by atoms with van der Waals surface area (Å²) in [6, 6.07) is 3.20. The van der Waals surface area contributed by atoms with Crippen LogP contribution < -0.4 is 10.6 Å². The van der Waals surface area contributed by atoms with Crippen LogP contribution in [0.3, 0.4) is 0 Å². The Morgan fingerprint density at radius 3 is 2.58 bits per heavy atom. The summed E-state index contributed by atoms with van der Waals surface area (Å²) in [6.07, 6.45) is -4.57. The number of hydrogen-bond donors (Lipinski definition) is 2. The Labute approximate surface area is 111 Å². The Hall–Kier alpha value is -1.83. The van der Waals surface area contributed by atoms with E-state index in [2.05, 4.69) is 20.6 Å². The summed E-state index contributed by atoms with van der Waals surface area (Å²) in [4.78, 5) is 6.92. The first-order chi connectivity index (χ1) is 8.99. The number of anilines is 3. The molecule has 0 aromatic carbocycles. The summed E-state index contributed by atoms with van der Waals surface area (Å²) in [6.45, 7) is 2.26. The normalized spacial score (nSPS) is 11.4.